The number of benzene rings is 3. The number of aliphatic hydroxyl groups is 1. The number of amides is 1. The number of hydrogen-bond donors (Lipinski definition) is 3. The predicted molar refractivity (Wildman–Crippen MR) is 150 cm³/mol. The summed E-state index contributed by atoms with van der Waals surface area (Å²) in [4.78, 5) is 16.9. The number of carbonyl (C=O) groups excluding carboxylic acids is 1. The average Bonchev–Trinajstić information content (AvgIpc) is 3.34. The molecule has 1 heterocycles. The van der Waals surface area contributed by atoms with Gasteiger partial charge in [0.2, 0.25) is 0 Å². The first kappa shape index (κ1) is 27.4. The lowest BCUT2D eigenvalue weighted by Gasteiger charge is -2.18. The van der Waals surface area contributed by atoms with E-state index in [0.29, 0.717) is 24.3 Å². The minimum atomic E-state index is -3.38. The van der Waals surface area contributed by atoms with Gasteiger partial charge in [-0.2, -0.15) is 0 Å². The van der Waals surface area contributed by atoms with E-state index in [1.54, 1.807) is 50.2 Å². The van der Waals surface area contributed by atoms with E-state index in [1.165, 1.54) is 0 Å². The number of aromatic nitrogens is 1. The Balaban J connectivity index is 1.60. The van der Waals surface area contributed by atoms with Crippen LogP contribution in [0.2, 0.25) is 0 Å². The van der Waals surface area contributed by atoms with E-state index in [-0.39, 0.29) is 17.4 Å². The summed E-state index contributed by atoms with van der Waals surface area (Å²) in [5.74, 6) is 0.103. The Bertz CT molecular complexity index is 1510. The SMILES string of the molecule is CCCOc1ccc(-c2ccc(S(=O)(=O)C(C)C)cc2)cc1C(=O)N[C@H](CO)Cc1c[nH]c2ccccc12. The molecule has 0 aliphatic heterocycles. The zero-order chi connectivity index (χ0) is 27.3. The van der Waals surface area contributed by atoms with E-state index >= 15 is 0 Å². The van der Waals surface area contributed by atoms with E-state index in [2.05, 4.69) is 10.3 Å². The number of sulfone groups is 1. The average molecular weight is 535 g/mol. The second kappa shape index (κ2) is 11.8. The highest BCUT2D eigenvalue weighted by Crippen LogP contribution is 2.29. The van der Waals surface area contributed by atoms with Gasteiger partial charge >= 0.3 is 0 Å². The molecule has 3 N–H and O–H groups in total. The standard InChI is InChI=1S/C30H34N2O5S/c1-4-15-37-29-14-11-22(21-9-12-25(13-10-21)38(35,36)20(2)3)17-27(29)30(34)32-24(19-33)16-23-18-31-28-8-6-5-7-26(23)28/h5-14,17-18,20,24,31,33H,4,15-16,19H2,1-3H3,(H,32,34)/t24-/m0/s1. The summed E-state index contributed by atoms with van der Waals surface area (Å²) < 4.78 is 30.8. The smallest absolute Gasteiger partial charge is 0.255 e. The zero-order valence-electron chi connectivity index (χ0n) is 21.9. The van der Waals surface area contributed by atoms with Crippen molar-refractivity contribution in [1.82, 2.24) is 10.3 Å². The van der Waals surface area contributed by atoms with E-state index in [1.807, 2.05) is 43.5 Å². The molecule has 200 valence electrons. The molecule has 38 heavy (non-hydrogen) atoms. The van der Waals surface area contributed by atoms with E-state index in [4.69, 9.17) is 4.74 Å². The number of aromatic amines is 1. The fourth-order valence-corrected chi connectivity index (χ4v) is 5.38. The number of ether oxygens (including phenoxy) is 1. The topological polar surface area (TPSA) is 108 Å². The minimum Gasteiger partial charge on any atom is -0.493 e. The monoisotopic (exact) mass is 534 g/mol. The second-order valence-electron chi connectivity index (χ2n) is 9.59. The first-order valence-electron chi connectivity index (χ1n) is 12.8. The molecule has 0 aliphatic carbocycles. The van der Waals surface area contributed by atoms with Gasteiger partial charge in [0.1, 0.15) is 5.75 Å². The van der Waals surface area contributed by atoms with Crippen LogP contribution in [0.15, 0.2) is 77.8 Å². The summed E-state index contributed by atoms with van der Waals surface area (Å²) in [5.41, 5.74) is 3.89. The molecule has 1 atom stereocenters. The Kier molecular flexibility index (Phi) is 8.54. The first-order chi connectivity index (χ1) is 18.2. The zero-order valence-corrected chi connectivity index (χ0v) is 22.7. The molecule has 8 heteroatoms. The van der Waals surface area contributed by atoms with Gasteiger partial charge in [0.25, 0.3) is 5.91 Å². The van der Waals surface area contributed by atoms with Crippen LogP contribution >= 0.6 is 0 Å². The molecule has 0 bridgehead atoms. The largest absolute Gasteiger partial charge is 0.493 e. The molecule has 4 rings (SSSR count). The third-order valence-corrected chi connectivity index (χ3v) is 8.69. The third-order valence-electron chi connectivity index (χ3n) is 6.52. The van der Waals surface area contributed by atoms with Gasteiger partial charge in [-0.15, -0.1) is 0 Å². The van der Waals surface area contributed by atoms with Gasteiger partial charge in [-0.3, -0.25) is 4.79 Å². The van der Waals surface area contributed by atoms with Crippen molar-refractivity contribution in [3.8, 4) is 16.9 Å². The van der Waals surface area contributed by atoms with Gasteiger partial charge in [0.15, 0.2) is 9.84 Å². The van der Waals surface area contributed by atoms with Crippen molar-refractivity contribution in [3.05, 3.63) is 84.1 Å². The molecule has 1 amide bonds. The second-order valence-corrected chi connectivity index (χ2v) is 12.1. The molecular weight excluding hydrogens is 500 g/mol. The highest BCUT2D eigenvalue weighted by molar-refractivity contribution is 7.92. The van der Waals surface area contributed by atoms with Crippen LogP contribution < -0.4 is 10.1 Å². The van der Waals surface area contributed by atoms with Gasteiger partial charge in [0, 0.05) is 17.1 Å². The summed E-state index contributed by atoms with van der Waals surface area (Å²) in [5, 5.41) is 13.6. The molecule has 0 spiro atoms. The highest BCUT2D eigenvalue weighted by atomic mass is 32.2. The van der Waals surface area contributed by atoms with Gasteiger partial charge in [-0.25, -0.2) is 8.42 Å². The number of fused-ring (bicyclic) bond motifs is 1. The Morgan fingerprint density at radius 1 is 1.03 bits per heavy atom. The van der Waals surface area contributed by atoms with Crippen molar-refractivity contribution in [3.63, 3.8) is 0 Å². The summed E-state index contributed by atoms with van der Waals surface area (Å²) in [6, 6.07) is 19.4. The van der Waals surface area contributed by atoms with Gasteiger partial charge in [-0.05, 0) is 73.7 Å². The lowest BCUT2D eigenvalue weighted by atomic mass is 10.0. The number of hydrogen-bond acceptors (Lipinski definition) is 5. The lowest BCUT2D eigenvalue weighted by molar-refractivity contribution is 0.0912. The number of aliphatic hydroxyl groups excluding tert-OH is 1. The molecule has 7 nitrogen and oxygen atoms in total. The van der Waals surface area contributed by atoms with Crippen LogP contribution in [0, 0.1) is 0 Å². The van der Waals surface area contributed by atoms with Gasteiger partial charge in [-0.1, -0.05) is 43.3 Å². The summed E-state index contributed by atoms with van der Waals surface area (Å²) in [6.45, 7) is 5.54. The van der Waals surface area contributed by atoms with Crippen LogP contribution in [0.25, 0.3) is 22.0 Å². The molecule has 0 unspecified atom stereocenters. The van der Waals surface area contributed by atoms with Crippen LogP contribution in [-0.4, -0.2) is 48.9 Å². The Hall–Kier alpha value is -3.62. The number of H-pyrrole nitrogens is 1. The maximum atomic E-state index is 13.4. The van der Waals surface area contributed by atoms with Crippen LogP contribution in [-0.2, 0) is 16.3 Å². The van der Waals surface area contributed by atoms with Crippen LogP contribution in [0.1, 0.15) is 43.1 Å². The number of para-hydroxylation sites is 1. The molecule has 3 aromatic carbocycles. The molecule has 1 aromatic heterocycles. The molecule has 0 fully saturated rings. The molecule has 4 aromatic rings. The van der Waals surface area contributed by atoms with Gasteiger partial charge < -0.3 is 20.1 Å². The molecule has 0 saturated heterocycles. The van der Waals surface area contributed by atoms with Crippen LogP contribution in [0.4, 0.5) is 0 Å². The van der Waals surface area contributed by atoms with E-state index in [9.17, 15) is 18.3 Å². The fourth-order valence-electron chi connectivity index (χ4n) is 4.32. The molecule has 0 saturated carbocycles. The van der Waals surface area contributed by atoms with Crippen molar-refractivity contribution in [2.24, 2.45) is 0 Å². The fraction of sp³-hybridized carbons (Fsp3) is 0.300. The van der Waals surface area contributed by atoms with E-state index < -0.39 is 21.1 Å². The normalized spacial score (nSPS) is 12.6. The van der Waals surface area contributed by atoms with Crippen molar-refractivity contribution in [2.45, 2.75) is 49.8 Å². The molecular formula is C30H34N2O5S. The number of rotatable bonds is 11. The van der Waals surface area contributed by atoms with E-state index in [0.717, 1.165) is 34.0 Å². The summed E-state index contributed by atoms with van der Waals surface area (Å²) >= 11 is 0. The van der Waals surface area contributed by atoms with Crippen molar-refractivity contribution >= 4 is 26.6 Å². The lowest BCUT2D eigenvalue weighted by Crippen LogP contribution is -2.39. The van der Waals surface area contributed by atoms with Crippen LogP contribution in [0.5, 0.6) is 5.75 Å². The van der Waals surface area contributed by atoms with Gasteiger partial charge in [0.05, 0.1) is 35.0 Å². The Morgan fingerprint density at radius 2 is 1.74 bits per heavy atom. The van der Waals surface area contributed by atoms with Crippen molar-refractivity contribution < 1.29 is 23.1 Å². The molecule has 0 aliphatic rings. The number of nitrogens with one attached hydrogen (secondary N) is 2. The Labute approximate surface area is 223 Å². The van der Waals surface area contributed by atoms with Crippen molar-refractivity contribution in [2.75, 3.05) is 13.2 Å². The minimum absolute atomic E-state index is 0.220. The predicted octanol–water partition coefficient (Wildman–Crippen LogP) is 5.14. The highest BCUT2D eigenvalue weighted by Gasteiger charge is 2.21. The van der Waals surface area contributed by atoms with Crippen LogP contribution in [0.3, 0.4) is 0 Å². The Morgan fingerprint density at radius 3 is 2.42 bits per heavy atom. The summed E-state index contributed by atoms with van der Waals surface area (Å²) in [7, 11) is -3.38. The first-order valence-corrected chi connectivity index (χ1v) is 14.4. The van der Waals surface area contributed by atoms with Crippen molar-refractivity contribution in [1.29, 1.82) is 0 Å². The summed E-state index contributed by atoms with van der Waals surface area (Å²) in [6.07, 6.45) is 3.15. The third kappa shape index (κ3) is 5.92. The molecule has 0 radical (unpaired) electrons. The quantitative estimate of drug-likeness (QED) is 0.247. The maximum absolute atomic E-state index is 13.4. The number of carbonyl (C=O) groups is 1. The maximum Gasteiger partial charge on any atom is 0.255 e.